The molecule has 0 spiro atoms. The number of nitriles is 1. The lowest BCUT2D eigenvalue weighted by Gasteiger charge is -2.05. The second-order valence-electron chi connectivity index (χ2n) is 2.64. The molecule has 3 nitrogen and oxygen atoms in total. The molecule has 1 aromatic rings. The van der Waals surface area contributed by atoms with E-state index >= 15 is 0 Å². The molecule has 0 saturated carbocycles. The Labute approximate surface area is 106 Å². The van der Waals surface area contributed by atoms with E-state index in [0.717, 1.165) is 3.57 Å². The summed E-state index contributed by atoms with van der Waals surface area (Å²) in [5, 5.41) is 9.13. The predicted octanol–water partition coefficient (Wildman–Crippen LogP) is 2.99. The average Bonchev–Trinajstić information content (AvgIpc) is 2.17. The van der Waals surface area contributed by atoms with Crippen LogP contribution in [0.1, 0.15) is 22.8 Å². The summed E-state index contributed by atoms with van der Waals surface area (Å²) in [7, 11) is 0. The van der Waals surface area contributed by atoms with Gasteiger partial charge in [0.1, 0.15) is 6.07 Å². The SMILES string of the molecule is CCOC(=O)c1cc(I)cc(Cl)c1C#N. The first kappa shape index (κ1) is 12.3. The van der Waals surface area contributed by atoms with Crippen LogP contribution < -0.4 is 0 Å². The Bertz CT molecular complexity index is 440. The van der Waals surface area contributed by atoms with Crippen LogP contribution in [0.4, 0.5) is 0 Å². The Kier molecular flexibility index (Phi) is 4.36. The molecular weight excluding hydrogens is 328 g/mol. The van der Waals surface area contributed by atoms with Gasteiger partial charge >= 0.3 is 5.97 Å². The van der Waals surface area contributed by atoms with Crippen molar-refractivity contribution in [3.8, 4) is 6.07 Å². The van der Waals surface area contributed by atoms with Crippen molar-refractivity contribution in [2.45, 2.75) is 6.92 Å². The van der Waals surface area contributed by atoms with Gasteiger partial charge in [-0.2, -0.15) is 5.26 Å². The van der Waals surface area contributed by atoms with Crippen LogP contribution in [-0.2, 0) is 4.74 Å². The number of hydrogen-bond acceptors (Lipinski definition) is 3. The van der Waals surface area contributed by atoms with Crippen molar-refractivity contribution in [3.63, 3.8) is 0 Å². The third-order valence-corrected chi connectivity index (χ3v) is 2.58. The fourth-order valence-electron chi connectivity index (χ4n) is 1.06. The molecule has 0 aliphatic rings. The van der Waals surface area contributed by atoms with Crippen molar-refractivity contribution in [1.29, 1.82) is 5.26 Å². The molecule has 0 N–H and O–H groups in total. The summed E-state index contributed by atoms with van der Waals surface area (Å²) in [4.78, 5) is 11.5. The molecule has 0 heterocycles. The van der Waals surface area contributed by atoms with E-state index in [0.29, 0.717) is 0 Å². The molecule has 0 fully saturated rings. The van der Waals surface area contributed by atoms with E-state index in [4.69, 9.17) is 21.6 Å². The largest absolute Gasteiger partial charge is 0.462 e. The van der Waals surface area contributed by atoms with Gasteiger partial charge in [0.25, 0.3) is 0 Å². The third-order valence-electron chi connectivity index (χ3n) is 1.66. The van der Waals surface area contributed by atoms with Crippen molar-refractivity contribution >= 4 is 40.2 Å². The number of esters is 1. The van der Waals surface area contributed by atoms with Crippen LogP contribution in [-0.4, -0.2) is 12.6 Å². The van der Waals surface area contributed by atoms with Gasteiger partial charge in [0.05, 0.1) is 22.8 Å². The fraction of sp³-hybridized carbons (Fsp3) is 0.200. The van der Waals surface area contributed by atoms with Crippen molar-refractivity contribution in [2.24, 2.45) is 0 Å². The third kappa shape index (κ3) is 2.83. The highest BCUT2D eigenvalue weighted by Crippen LogP contribution is 2.23. The minimum atomic E-state index is -0.519. The molecule has 1 rings (SSSR count). The van der Waals surface area contributed by atoms with Crippen LogP contribution in [0.15, 0.2) is 12.1 Å². The first-order valence-corrected chi connectivity index (χ1v) is 5.62. The summed E-state index contributed by atoms with van der Waals surface area (Å²) in [5.74, 6) is -0.519. The van der Waals surface area contributed by atoms with E-state index in [1.54, 1.807) is 19.1 Å². The normalized spacial score (nSPS) is 9.47. The van der Waals surface area contributed by atoms with E-state index in [1.165, 1.54) is 0 Å². The van der Waals surface area contributed by atoms with Gasteiger partial charge in [0.2, 0.25) is 0 Å². The fourth-order valence-corrected chi connectivity index (χ4v) is 2.13. The van der Waals surface area contributed by atoms with E-state index in [1.807, 2.05) is 28.7 Å². The maximum atomic E-state index is 11.5. The van der Waals surface area contributed by atoms with E-state index < -0.39 is 5.97 Å². The standard InChI is InChI=1S/C10H7ClINO2/c1-2-15-10(14)7-3-6(12)4-9(11)8(7)5-13/h3-4H,2H2,1H3. The molecule has 78 valence electrons. The highest BCUT2D eigenvalue weighted by Gasteiger charge is 2.16. The van der Waals surface area contributed by atoms with Gasteiger partial charge in [-0.1, -0.05) is 11.6 Å². The smallest absolute Gasteiger partial charge is 0.339 e. The number of ether oxygens (including phenoxy) is 1. The van der Waals surface area contributed by atoms with Crippen molar-refractivity contribution < 1.29 is 9.53 Å². The lowest BCUT2D eigenvalue weighted by atomic mass is 10.1. The molecule has 5 heteroatoms. The van der Waals surface area contributed by atoms with Crippen molar-refractivity contribution in [2.75, 3.05) is 6.61 Å². The summed E-state index contributed by atoms with van der Waals surface area (Å²) in [6.45, 7) is 1.98. The number of nitrogens with zero attached hydrogens (tertiary/aromatic N) is 1. The molecule has 0 saturated heterocycles. The Morgan fingerprint density at radius 3 is 2.87 bits per heavy atom. The van der Waals surface area contributed by atoms with Gasteiger partial charge in [-0.05, 0) is 41.6 Å². The quantitative estimate of drug-likeness (QED) is 0.617. The topological polar surface area (TPSA) is 50.1 Å². The monoisotopic (exact) mass is 335 g/mol. The van der Waals surface area contributed by atoms with Gasteiger partial charge in [0.15, 0.2) is 0 Å². The van der Waals surface area contributed by atoms with Crippen molar-refractivity contribution in [1.82, 2.24) is 0 Å². The van der Waals surface area contributed by atoms with Crippen LogP contribution in [0.3, 0.4) is 0 Å². The summed E-state index contributed by atoms with van der Waals surface area (Å²) in [5.41, 5.74) is 0.381. The Balaban J connectivity index is 3.28. The molecule has 0 radical (unpaired) electrons. The second-order valence-corrected chi connectivity index (χ2v) is 4.30. The lowest BCUT2D eigenvalue weighted by molar-refractivity contribution is 0.0526. The van der Waals surface area contributed by atoms with Crippen LogP contribution in [0.25, 0.3) is 0 Å². The second kappa shape index (κ2) is 5.33. The molecule has 0 bridgehead atoms. The summed E-state index contributed by atoms with van der Waals surface area (Å²) in [6.07, 6.45) is 0. The lowest BCUT2D eigenvalue weighted by Crippen LogP contribution is -2.07. The number of rotatable bonds is 2. The number of halogens is 2. The van der Waals surface area contributed by atoms with Gasteiger partial charge in [-0.3, -0.25) is 0 Å². The number of benzene rings is 1. The highest BCUT2D eigenvalue weighted by atomic mass is 127. The van der Waals surface area contributed by atoms with Gasteiger partial charge in [-0.15, -0.1) is 0 Å². The number of carbonyl (C=O) groups is 1. The Morgan fingerprint density at radius 1 is 1.67 bits per heavy atom. The van der Waals surface area contributed by atoms with Crippen LogP contribution in [0.5, 0.6) is 0 Å². The first-order chi connectivity index (χ1) is 7.10. The minimum Gasteiger partial charge on any atom is -0.462 e. The van der Waals surface area contributed by atoms with E-state index in [-0.39, 0.29) is 22.8 Å². The van der Waals surface area contributed by atoms with Crippen LogP contribution >= 0.6 is 34.2 Å². The number of hydrogen-bond donors (Lipinski definition) is 0. The minimum absolute atomic E-state index is 0.163. The molecule has 15 heavy (non-hydrogen) atoms. The molecule has 0 aliphatic carbocycles. The molecular formula is C10H7ClINO2. The first-order valence-electron chi connectivity index (χ1n) is 4.16. The van der Waals surface area contributed by atoms with E-state index in [2.05, 4.69) is 0 Å². The number of carbonyl (C=O) groups excluding carboxylic acids is 1. The zero-order valence-electron chi connectivity index (χ0n) is 7.88. The van der Waals surface area contributed by atoms with Gasteiger partial charge in [-0.25, -0.2) is 4.79 Å². The summed E-state index contributed by atoms with van der Waals surface area (Å²) < 4.78 is 5.62. The van der Waals surface area contributed by atoms with Gasteiger partial charge in [0, 0.05) is 3.57 Å². The molecule has 0 aliphatic heterocycles. The Hall–Kier alpha value is -0.800. The van der Waals surface area contributed by atoms with Crippen LogP contribution in [0, 0.1) is 14.9 Å². The van der Waals surface area contributed by atoms with Crippen molar-refractivity contribution in [3.05, 3.63) is 31.9 Å². The molecule has 0 amide bonds. The molecule has 0 aromatic heterocycles. The highest BCUT2D eigenvalue weighted by molar-refractivity contribution is 14.1. The Morgan fingerprint density at radius 2 is 2.33 bits per heavy atom. The summed E-state index contributed by atoms with van der Waals surface area (Å²) >= 11 is 7.87. The zero-order chi connectivity index (χ0) is 11.4. The maximum Gasteiger partial charge on any atom is 0.339 e. The zero-order valence-corrected chi connectivity index (χ0v) is 10.8. The van der Waals surface area contributed by atoms with E-state index in [9.17, 15) is 4.79 Å². The molecule has 1 aromatic carbocycles. The predicted molar refractivity (Wildman–Crippen MR) is 64.8 cm³/mol. The summed E-state index contributed by atoms with van der Waals surface area (Å²) in [6, 6.07) is 5.11. The van der Waals surface area contributed by atoms with Crippen LogP contribution in [0.2, 0.25) is 5.02 Å². The van der Waals surface area contributed by atoms with Gasteiger partial charge < -0.3 is 4.74 Å². The average molecular weight is 336 g/mol. The maximum absolute atomic E-state index is 11.5. The molecule has 0 atom stereocenters. The molecule has 0 unspecified atom stereocenters.